The minimum atomic E-state index is -4.85. The van der Waals surface area contributed by atoms with Crippen molar-refractivity contribution in [2.45, 2.75) is 43.8 Å². The van der Waals surface area contributed by atoms with Crippen LogP contribution in [0, 0.1) is 0 Å². The molecule has 2 heterocycles. The number of hydrogen-bond donors (Lipinski definition) is 3. The molecule has 14 nitrogen and oxygen atoms in total. The van der Waals surface area contributed by atoms with Gasteiger partial charge in [0.2, 0.25) is 0 Å². The van der Waals surface area contributed by atoms with Crippen LogP contribution in [0.3, 0.4) is 0 Å². The standard InChI is InChI=1S/C24H16ClF6NO6.C24H14ClF6NO6/c2*25-14-7-11(8-16(33)34)5-6-15(14)32-21(35)17-18(22(32)36)20(38-10-24(29,30)31)13-4-2-1-3-12(13)19(17)37-9-23(26,27)28/h1-7,21,35H,8-10H2,(H,33,34);1-7H,8-10H2,(H,33,34). The summed E-state index contributed by atoms with van der Waals surface area (Å²) in [6.07, 6.45) is -22.3. The molecule has 0 aliphatic carbocycles. The van der Waals surface area contributed by atoms with E-state index >= 15 is 0 Å². The molecule has 0 spiro atoms. The number of ether oxygens (including phenoxy) is 4. The molecule has 6 aromatic rings. The number of fused-ring (bicyclic) bond motifs is 4. The van der Waals surface area contributed by atoms with Crippen LogP contribution in [0.2, 0.25) is 10.0 Å². The van der Waals surface area contributed by atoms with E-state index in [9.17, 15) is 81.8 Å². The van der Waals surface area contributed by atoms with Crippen LogP contribution in [0.4, 0.5) is 64.1 Å². The average Bonchev–Trinajstić information content (AvgIpc) is 3.71. The van der Waals surface area contributed by atoms with Crippen LogP contribution in [0.1, 0.15) is 54.0 Å². The lowest BCUT2D eigenvalue weighted by Crippen LogP contribution is -2.30. The van der Waals surface area contributed by atoms with Crippen LogP contribution >= 0.6 is 23.2 Å². The zero-order valence-electron chi connectivity index (χ0n) is 37.6. The van der Waals surface area contributed by atoms with Gasteiger partial charge >= 0.3 is 36.6 Å². The largest absolute Gasteiger partial charge is 0.483 e. The average molecular weight is 1130 g/mol. The Hall–Kier alpha value is -7.71. The number of amides is 3. The SMILES string of the molecule is O=C(O)Cc1ccc(N2C(=O)c3c(c(OCC(F)(F)F)c4ccccc4c3OCC(F)(F)F)C2=O)c(Cl)c1.O=C(O)Cc1ccc(N2C(=O)c3c(c(OCC(F)(F)F)c4ccccc4c3OCC(F)(F)F)C2O)c(Cl)c1. The molecule has 0 saturated heterocycles. The molecule has 3 N–H and O–H groups in total. The van der Waals surface area contributed by atoms with E-state index in [0.29, 0.717) is 9.80 Å². The second-order valence-electron chi connectivity index (χ2n) is 16.3. The Labute approximate surface area is 427 Å². The molecule has 0 fully saturated rings. The molecule has 2 aliphatic heterocycles. The highest BCUT2D eigenvalue weighted by Crippen LogP contribution is 2.52. The molecule has 402 valence electrons. The zero-order valence-corrected chi connectivity index (χ0v) is 39.1. The Morgan fingerprint density at radius 1 is 0.487 bits per heavy atom. The molecule has 28 heteroatoms. The zero-order chi connectivity index (χ0) is 56.0. The molecule has 0 saturated carbocycles. The van der Waals surface area contributed by atoms with E-state index in [4.69, 9.17) is 52.4 Å². The summed E-state index contributed by atoms with van der Waals surface area (Å²) < 4.78 is 176. The summed E-state index contributed by atoms with van der Waals surface area (Å²) in [5, 5.41) is 27.9. The number of aliphatic hydroxyl groups is 1. The van der Waals surface area contributed by atoms with Crippen LogP contribution in [-0.2, 0) is 22.4 Å². The van der Waals surface area contributed by atoms with Gasteiger partial charge in [0.05, 0.1) is 56.5 Å². The first-order chi connectivity index (χ1) is 35.4. The Morgan fingerprint density at radius 2 is 0.816 bits per heavy atom. The number of halogens is 14. The number of nitrogens with zero attached hydrogens (tertiary/aromatic N) is 2. The maximum atomic E-state index is 13.5. The second kappa shape index (κ2) is 21.1. The molecular weight excluding hydrogens is 1100 g/mol. The van der Waals surface area contributed by atoms with Gasteiger partial charge in [0.1, 0.15) is 23.0 Å². The van der Waals surface area contributed by atoms with Gasteiger partial charge in [-0.05, 0) is 35.4 Å². The number of rotatable bonds is 14. The Balaban J connectivity index is 0.000000221. The number of alkyl halides is 12. The normalized spacial score (nSPS) is 14.7. The van der Waals surface area contributed by atoms with Crippen molar-refractivity contribution in [3.8, 4) is 23.0 Å². The van der Waals surface area contributed by atoms with Crippen molar-refractivity contribution < 1.29 is 111 Å². The maximum absolute atomic E-state index is 13.5. The molecule has 8 rings (SSSR count). The van der Waals surface area contributed by atoms with E-state index in [1.807, 2.05) is 0 Å². The van der Waals surface area contributed by atoms with Crippen molar-refractivity contribution in [2.24, 2.45) is 0 Å². The van der Waals surface area contributed by atoms with Crippen molar-refractivity contribution in [3.05, 3.63) is 128 Å². The van der Waals surface area contributed by atoms with Crippen LogP contribution in [0.5, 0.6) is 23.0 Å². The van der Waals surface area contributed by atoms with Gasteiger partial charge in [0, 0.05) is 21.5 Å². The monoisotopic (exact) mass is 1120 g/mol. The van der Waals surface area contributed by atoms with Gasteiger partial charge in [-0.1, -0.05) is 83.9 Å². The number of carbonyl (C=O) groups is 5. The van der Waals surface area contributed by atoms with E-state index < -0.39 is 145 Å². The van der Waals surface area contributed by atoms with Crippen molar-refractivity contribution in [1.29, 1.82) is 0 Å². The van der Waals surface area contributed by atoms with Gasteiger partial charge in [0.25, 0.3) is 17.7 Å². The van der Waals surface area contributed by atoms with E-state index in [2.05, 4.69) is 0 Å². The predicted octanol–water partition coefficient (Wildman–Crippen LogP) is 11.5. The Kier molecular flexibility index (Phi) is 15.6. The van der Waals surface area contributed by atoms with Crippen LogP contribution in [0.15, 0.2) is 84.9 Å². The minimum absolute atomic E-state index is 0.135. The number of aliphatic carboxylic acids is 2. The number of carboxylic acid groups (broad SMARTS) is 2. The smallest absolute Gasteiger partial charge is 0.422 e. The first kappa shape index (κ1) is 56.0. The lowest BCUT2D eigenvalue weighted by Gasteiger charge is -2.23. The third-order valence-corrected chi connectivity index (χ3v) is 11.4. The molecule has 0 radical (unpaired) electrons. The number of aliphatic hydroxyl groups excluding tert-OH is 1. The maximum Gasteiger partial charge on any atom is 0.422 e. The number of imide groups is 1. The van der Waals surface area contributed by atoms with Gasteiger partial charge in [-0.15, -0.1) is 0 Å². The van der Waals surface area contributed by atoms with Crippen molar-refractivity contribution in [3.63, 3.8) is 0 Å². The molecule has 0 aromatic heterocycles. The highest BCUT2D eigenvalue weighted by molar-refractivity contribution is 6.42. The van der Waals surface area contributed by atoms with Gasteiger partial charge < -0.3 is 34.3 Å². The number of carboxylic acids is 2. The fraction of sp³-hybridized carbons (Fsp3) is 0.229. The van der Waals surface area contributed by atoms with E-state index in [1.54, 1.807) is 0 Å². The van der Waals surface area contributed by atoms with Crippen molar-refractivity contribution in [2.75, 3.05) is 36.2 Å². The number of hydrogen-bond acceptors (Lipinski definition) is 10. The second-order valence-corrected chi connectivity index (χ2v) is 17.1. The quantitative estimate of drug-likeness (QED) is 0.0692. The molecule has 1 unspecified atom stereocenters. The molecule has 0 bridgehead atoms. The van der Waals surface area contributed by atoms with Crippen LogP contribution in [-0.4, -0.2) is 96.1 Å². The summed E-state index contributed by atoms with van der Waals surface area (Å²) in [7, 11) is 0. The number of anilines is 2. The summed E-state index contributed by atoms with van der Waals surface area (Å²) in [6, 6.07) is 17.6. The third kappa shape index (κ3) is 12.2. The topological polar surface area (TPSA) is 189 Å². The fourth-order valence-corrected chi connectivity index (χ4v) is 8.62. The summed E-state index contributed by atoms with van der Waals surface area (Å²) in [4.78, 5) is 63.6. The van der Waals surface area contributed by atoms with E-state index in [0.717, 1.165) is 12.1 Å². The summed E-state index contributed by atoms with van der Waals surface area (Å²) >= 11 is 12.4. The molecule has 6 aromatic carbocycles. The van der Waals surface area contributed by atoms with Crippen molar-refractivity contribution >= 4 is 85.8 Å². The summed E-state index contributed by atoms with van der Waals surface area (Å²) in [5.74, 6) is -8.48. The molecule has 2 aliphatic rings. The Morgan fingerprint density at radius 3 is 1.16 bits per heavy atom. The molecule has 1 atom stereocenters. The van der Waals surface area contributed by atoms with Gasteiger partial charge in [-0.25, -0.2) is 4.90 Å². The van der Waals surface area contributed by atoms with Crippen molar-refractivity contribution in [1.82, 2.24) is 0 Å². The van der Waals surface area contributed by atoms with Gasteiger partial charge in [-0.3, -0.25) is 28.9 Å². The number of carbonyl (C=O) groups excluding carboxylic acids is 3. The van der Waals surface area contributed by atoms with E-state index in [1.165, 1.54) is 72.8 Å². The summed E-state index contributed by atoms with van der Waals surface area (Å²) in [6.45, 7) is -7.38. The van der Waals surface area contributed by atoms with Crippen LogP contribution in [0.25, 0.3) is 21.5 Å². The number of benzene rings is 6. The molecule has 3 amide bonds. The Bertz CT molecular complexity index is 3250. The minimum Gasteiger partial charge on any atom is -0.483 e. The first-order valence-electron chi connectivity index (χ1n) is 21.2. The fourth-order valence-electron chi connectivity index (χ4n) is 8.04. The molecule has 76 heavy (non-hydrogen) atoms. The lowest BCUT2D eigenvalue weighted by atomic mass is 9.98. The third-order valence-electron chi connectivity index (χ3n) is 10.8. The highest BCUT2D eigenvalue weighted by atomic mass is 35.5. The van der Waals surface area contributed by atoms with Gasteiger partial charge in [0.15, 0.2) is 32.7 Å². The lowest BCUT2D eigenvalue weighted by molar-refractivity contribution is -0.154. The van der Waals surface area contributed by atoms with Crippen LogP contribution < -0.4 is 28.7 Å². The van der Waals surface area contributed by atoms with E-state index in [-0.39, 0.29) is 54.1 Å². The highest BCUT2D eigenvalue weighted by Gasteiger charge is 2.47. The summed E-state index contributed by atoms with van der Waals surface area (Å²) in [5.41, 5.74) is -2.66. The molecular formula is C48H30Cl2F12N2O12. The van der Waals surface area contributed by atoms with Gasteiger partial charge in [-0.2, -0.15) is 52.7 Å². The first-order valence-corrected chi connectivity index (χ1v) is 22.0. The predicted molar refractivity (Wildman–Crippen MR) is 243 cm³/mol.